The third kappa shape index (κ3) is 2.76. The Morgan fingerprint density at radius 1 is 1.25 bits per heavy atom. The number of hydrogen-bond donors (Lipinski definition) is 1. The Hall–Kier alpha value is -0.570. The Labute approximate surface area is 97.8 Å². The van der Waals surface area contributed by atoms with Crippen LogP contribution in [0.1, 0.15) is 44.9 Å². The van der Waals surface area contributed by atoms with Gasteiger partial charge in [0.05, 0.1) is 5.92 Å². The molecule has 0 bridgehead atoms. The molecule has 0 radical (unpaired) electrons. The Morgan fingerprint density at radius 2 is 1.88 bits per heavy atom. The second kappa shape index (κ2) is 5.17. The molecule has 2 fully saturated rings. The van der Waals surface area contributed by atoms with Gasteiger partial charge in [0, 0.05) is 12.6 Å². The largest absolute Gasteiger partial charge is 0.481 e. The van der Waals surface area contributed by atoms with Gasteiger partial charge in [-0.3, -0.25) is 4.79 Å². The van der Waals surface area contributed by atoms with Gasteiger partial charge in [0.2, 0.25) is 0 Å². The molecule has 0 aromatic heterocycles. The van der Waals surface area contributed by atoms with Crippen molar-refractivity contribution >= 4 is 5.97 Å². The summed E-state index contributed by atoms with van der Waals surface area (Å²) in [7, 11) is 2.16. The summed E-state index contributed by atoms with van der Waals surface area (Å²) in [4.78, 5) is 13.1. The highest BCUT2D eigenvalue weighted by Crippen LogP contribution is 2.33. The minimum Gasteiger partial charge on any atom is -0.481 e. The third-order valence-electron chi connectivity index (χ3n) is 4.36. The van der Waals surface area contributed by atoms with Gasteiger partial charge < -0.3 is 10.0 Å². The Balaban J connectivity index is 1.68. The van der Waals surface area contributed by atoms with Gasteiger partial charge in [-0.2, -0.15) is 0 Å². The highest BCUT2D eigenvalue weighted by molar-refractivity contribution is 5.71. The molecule has 0 atom stereocenters. The number of aliphatic carboxylic acids is 1. The summed E-state index contributed by atoms with van der Waals surface area (Å²) < 4.78 is 0. The zero-order valence-corrected chi connectivity index (χ0v) is 10.2. The van der Waals surface area contributed by atoms with Crippen LogP contribution in [0.5, 0.6) is 0 Å². The molecule has 3 heteroatoms. The van der Waals surface area contributed by atoms with Crippen LogP contribution in [0.2, 0.25) is 0 Å². The smallest absolute Gasteiger partial charge is 0.306 e. The van der Waals surface area contributed by atoms with Gasteiger partial charge in [0.25, 0.3) is 0 Å². The van der Waals surface area contributed by atoms with E-state index in [0.717, 1.165) is 18.8 Å². The summed E-state index contributed by atoms with van der Waals surface area (Å²) in [6.07, 6.45) is 8.66. The number of carboxylic acid groups (broad SMARTS) is 1. The van der Waals surface area contributed by atoms with Gasteiger partial charge in [-0.1, -0.05) is 19.3 Å². The van der Waals surface area contributed by atoms with Crippen molar-refractivity contribution in [3.05, 3.63) is 0 Å². The van der Waals surface area contributed by atoms with E-state index in [-0.39, 0.29) is 5.92 Å². The molecule has 0 spiro atoms. The monoisotopic (exact) mass is 225 g/mol. The van der Waals surface area contributed by atoms with E-state index in [2.05, 4.69) is 11.9 Å². The SMILES string of the molecule is CN(CC1CCCCC1)C1CC(C(=O)O)C1. The molecule has 0 heterocycles. The first-order valence-corrected chi connectivity index (χ1v) is 6.60. The predicted octanol–water partition coefficient (Wildman–Crippen LogP) is 2.36. The van der Waals surface area contributed by atoms with E-state index in [4.69, 9.17) is 5.11 Å². The van der Waals surface area contributed by atoms with Crippen molar-refractivity contribution in [2.24, 2.45) is 11.8 Å². The van der Waals surface area contributed by atoms with Crippen molar-refractivity contribution in [2.75, 3.05) is 13.6 Å². The zero-order valence-electron chi connectivity index (χ0n) is 10.2. The minimum atomic E-state index is -0.609. The van der Waals surface area contributed by atoms with E-state index in [0.29, 0.717) is 6.04 Å². The number of rotatable bonds is 4. The van der Waals surface area contributed by atoms with Gasteiger partial charge in [-0.15, -0.1) is 0 Å². The molecule has 92 valence electrons. The zero-order chi connectivity index (χ0) is 11.5. The Kier molecular flexibility index (Phi) is 3.85. The summed E-state index contributed by atoms with van der Waals surface area (Å²) in [5.41, 5.74) is 0. The summed E-state index contributed by atoms with van der Waals surface area (Å²) in [6, 6.07) is 0.531. The van der Waals surface area contributed by atoms with Crippen molar-refractivity contribution < 1.29 is 9.90 Å². The van der Waals surface area contributed by atoms with Crippen LogP contribution in [0.15, 0.2) is 0 Å². The molecule has 3 nitrogen and oxygen atoms in total. The first-order chi connectivity index (χ1) is 7.66. The summed E-state index contributed by atoms with van der Waals surface area (Å²) in [6.45, 7) is 1.18. The van der Waals surface area contributed by atoms with Crippen molar-refractivity contribution in [1.29, 1.82) is 0 Å². The average molecular weight is 225 g/mol. The van der Waals surface area contributed by atoms with Crippen molar-refractivity contribution in [1.82, 2.24) is 4.90 Å². The van der Waals surface area contributed by atoms with E-state index in [1.54, 1.807) is 0 Å². The van der Waals surface area contributed by atoms with E-state index in [1.165, 1.54) is 38.6 Å². The fourth-order valence-corrected chi connectivity index (χ4v) is 3.08. The molecule has 0 unspecified atom stereocenters. The van der Waals surface area contributed by atoms with E-state index >= 15 is 0 Å². The normalized spacial score (nSPS) is 31.4. The Morgan fingerprint density at radius 3 is 2.44 bits per heavy atom. The number of hydrogen-bond acceptors (Lipinski definition) is 2. The van der Waals surface area contributed by atoms with Crippen LogP contribution in [-0.4, -0.2) is 35.6 Å². The van der Waals surface area contributed by atoms with E-state index < -0.39 is 5.97 Å². The number of carboxylic acids is 1. The van der Waals surface area contributed by atoms with Crippen molar-refractivity contribution in [2.45, 2.75) is 51.0 Å². The van der Waals surface area contributed by atoms with Gasteiger partial charge in [-0.05, 0) is 38.6 Å². The van der Waals surface area contributed by atoms with Crippen LogP contribution in [0.25, 0.3) is 0 Å². The highest BCUT2D eigenvalue weighted by Gasteiger charge is 2.37. The third-order valence-corrected chi connectivity index (χ3v) is 4.36. The molecule has 0 saturated heterocycles. The number of nitrogens with zero attached hydrogens (tertiary/aromatic N) is 1. The Bertz CT molecular complexity index is 242. The van der Waals surface area contributed by atoms with E-state index in [1.807, 2.05) is 0 Å². The maximum Gasteiger partial charge on any atom is 0.306 e. The summed E-state index contributed by atoms with van der Waals surface area (Å²) in [5, 5.41) is 8.84. The van der Waals surface area contributed by atoms with Crippen LogP contribution in [-0.2, 0) is 4.79 Å². The fraction of sp³-hybridized carbons (Fsp3) is 0.923. The molecular formula is C13H23NO2. The molecule has 2 rings (SSSR count). The maximum absolute atomic E-state index is 10.7. The molecule has 0 aliphatic heterocycles. The lowest BCUT2D eigenvalue weighted by Gasteiger charge is -2.41. The fourth-order valence-electron chi connectivity index (χ4n) is 3.08. The number of carbonyl (C=O) groups is 1. The van der Waals surface area contributed by atoms with Gasteiger partial charge >= 0.3 is 5.97 Å². The lowest BCUT2D eigenvalue weighted by atomic mass is 9.79. The van der Waals surface area contributed by atoms with Crippen LogP contribution in [0, 0.1) is 11.8 Å². The van der Waals surface area contributed by atoms with Crippen LogP contribution >= 0.6 is 0 Å². The lowest BCUT2D eigenvalue weighted by Crippen LogP contribution is -2.46. The first kappa shape index (κ1) is 11.9. The first-order valence-electron chi connectivity index (χ1n) is 6.60. The molecule has 0 amide bonds. The van der Waals surface area contributed by atoms with Gasteiger partial charge in [0.1, 0.15) is 0 Å². The van der Waals surface area contributed by atoms with Crippen LogP contribution < -0.4 is 0 Å². The molecule has 0 aromatic rings. The quantitative estimate of drug-likeness (QED) is 0.798. The minimum absolute atomic E-state index is 0.0706. The molecule has 2 saturated carbocycles. The van der Waals surface area contributed by atoms with Crippen LogP contribution in [0.4, 0.5) is 0 Å². The molecule has 0 aromatic carbocycles. The average Bonchev–Trinajstić information content (AvgIpc) is 2.15. The lowest BCUT2D eigenvalue weighted by molar-refractivity contribution is -0.146. The van der Waals surface area contributed by atoms with Crippen molar-refractivity contribution in [3.8, 4) is 0 Å². The molecular weight excluding hydrogens is 202 g/mol. The molecule has 2 aliphatic rings. The second-order valence-electron chi connectivity index (χ2n) is 5.60. The maximum atomic E-state index is 10.7. The predicted molar refractivity (Wildman–Crippen MR) is 63.4 cm³/mol. The topological polar surface area (TPSA) is 40.5 Å². The molecule has 1 N–H and O–H groups in total. The second-order valence-corrected chi connectivity index (χ2v) is 5.60. The standard InChI is InChI=1S/C13H23NO2/c1-14(9-10-5-3-2-4-6-10)12-7-11(8-12)13(15)16/h10-12H,2-9H2,1H3,(H,15,16). The van der Waals surface area contributed by atoms with Gasteiger partial charge in [-0.25, -0.2) is 0 Å². The van der Waals surface area contributed by atoms with Crippen molar-refractivity contribution in [3.63, 3.8) is 0 Å². The van der Waals surface area contributed by atoms with E-state index in [9.17, 15) is 4.79 Å². The molecule has 16 heavy (non-hydrogen) atoms. The molecule has 2 aliphatic carbocycles. The van der Waals surface area contributed by atoms with Crippen LogP contribution in [0.3, 0.4) is 0 Å². The summed E-state index contributed by atoms with van der Waals surface area (Å²) in [5.74, 6) is 0.184. The summed E-state index contributed by atoms with van der Waals surface area (Å²) >= 11 is 0. The van der Waals surface area contributed by atoms with Gasteiger partial charge in [0.15, 0.2) is 0 Å². The highest BCUT2D eigenvalue weighted by atomic mass is 16.4.